The number of rotatable bonds is 0. The molecule has 0 bridgehead atoms. The maximum absolute atomic E-state index is 3.32. The maximum atomic E-state index is 3.32. The highest BCUT2D eigenvalue weighted by atomic mass is 16.0. The number of likely N-dealkylation sites (N-methyl/N-ethyl adjacent to an activating group) is 1. The fourth-order valence-corrected chi connectivity index (χ4v) is 0.943. The number of hydrogen-bond donors (Lipinski definition) is 1. The summed E-state index contributed by atoms with van der Waals surface area (Å²) in [7, 11) is 2.17. The quantitative estimate of drug-likeness (QED) is 0.463. The number of piperazine rings is 1. The van der Waals surface area contributed by atoms with Gasteiger partial charge in [-0.15, -0.1) is 0 Å². The molecule has 0 spiro atoms. The van der Waals surface area contributed by atoms with Crippen molar-refractivity contribution < 1.29 is 5.48 Å². The predicted octanol–water partition coefficient (Wildman–Crippen LogP) is -0.915. The van der Waals surface area contributed by atoms with E-state index in [1.165, 1.54) is 6.54 Å². The van der Waals surface area contributed by atoms with Crippen molar-refractivity contribution >= 4 is 0 Å². The molecule has 56 valence electrons. The van der Waals surface area contributed by atoms with Crippen molar-refractivity contribution in [2.45, 2.75) is 13.0 Å². The van der Waals surface area contributed by atoms with E-state index in [0.29, 0.717) is 0 Å². The lowest BCUT2D eigenvalue weighted by atomic mass is 10.2. The molecule has 1 aliphatic heterocycles. The monoisotopic (exact) mass is 132 g/mol. The molecule has 0 aromatic heterocycles. The van der Waals surface area contributed by atoms with Gasteiger partial charge in [-0.05, 0) is 14.0 Å². The van der Waals surface area contributed by atoms with Gasteiger partial charge in [0, 0.05) is 25.7 Å². The van der Waals surface area contributed by atoms with E-state index in [1.807, 2.05) is 0 Å². The number of nitrogens with one attached hydrogen (secondary N) is 1. The molecule has 1 aliphatic rings. The Labute approximate surface area is 56.3 Å². The molecule has 3 nitrogen and oxygen atoms in total. The third-order valence-electron chi connectivity index (χ3n) is 1.83. The van der Waals surface area contributed by atoms with Crippen molar-refractivity contribution in [3.8, 4) is 0 Å². The van der Waals surface area contributed by atoms with Crippen LogP contribution in [0, 0.1) is 0 Å². The average molecular weight is 132 g/mol. The van der Waals surface area contributed by atoms with Crippen molar-refractivity contribution in [3.63, 3.8) is 0 Å². The first-order chi connectivity index (χ1) is 3.80. The van der Waals surface area contributed by atoms with Gasteiger partial charge in [0.1, 0.15) is 0 Å². The number of nitrogens with zero attached hydrogens (tertiary/aromatic N) is 1. The molecule has 0 saturated carbocycles. The van der Waals surface area contributed by atoms with E-state index in [2.05, 4.69) is 24.2 Å². The van der Waals surface area contributed by atoms with Gasteiger partial charge in [-0.2, -0.15) is 0 Å². The third-order valence-corrected chi connectivity index (χ3v) is 1.83. The Kier molecular flexibility index (Phi) is 3.77. The molecular weight excluding hydrogens is 116 g/mol. The van der Waals surface area contributed by atoms with Crippen LogP contribution in [0.15, 0.2) is 0 Å². The molecule has 0 aromatic carbocycles. The highest BCUT2D eigenvalue weighted by molar-refractivity contribution is 4.71. The summed E-state index contributed by atoms with van der Waals surface area (Å²) in [5, 5.41) is 3.32. The van der Waals surface area contributed by atoms with E-state index in [0.717, 1.165) is 19.1 Å². The standard InChI is InChI=1S/C6H14N2.H2O/c1-6-5-7-3-4-8(6)2;/h6-7H,3-5H2,1-2H3;1H2. The summed E-state index contributed by atoms with van der Waals surface area (Å²) in [6.07, 6.45) is 0. The largest absolute Gasteiger partial charge is 0.412 e. The molecule has 0 aromatic rings. The second-order valence-corrected chi connectivity index (χ2v) is 2.53. The lowest BCUT2D eigenvalue weighted by molar-refractivity contribution is 0.215. The lowest BCUT2D eigenvalue weighted by Gasteiger charge is -2.29. The summed E-state index contributed by atoms with van der Waals surface area (Å²) in [5.41, 5.74) is 0. The van der Waals surface area contributed by atoms with Crippen molar-refractivity contribution in [2.75, 3.05) is 26.7 Å². The zero-order valence-corrected chi connectivity index (χ0v) is 6.15. The highest BCUT2D eigenvalue weighted by Crippen LogP contribution is 1.95. The third kappa shape index (κ3) is 2.30. The molecule has 0 aliphatic carbocycles. The smallest absolute Gasteiger partial charge is 0.0189 e. The first kappa shape index (κ1) is 8.88. The molecule has 0 radical (unpaired) electrons. The van der Waals surface area contributed by atoms with Gasteiger partial charge in [-0.3, -0.25) is 0 Å². The summed E-state index contributed by atoms with van der Waals surface area (Å²) in [5.74, 6) is 0. The molecular formula is C6H16N2O. The first-order valence-corrected chi connectivity index (χ1v) is 3.21. The summed E-state index contributed by atoms with van der Waals surface area (Å²) in [6, 6.07) is 0.726. The van der Waals surface area contributed by atoms with Crippen molar-refractivity contribution in [2.24, 2.45) is 0 Å². The Morgan fingerprint density at radius 2 is 2.22 bits per heavy atom. The van der Waals surface area contributed by atoms with Crippen LogP contribution in [0.25, 0.3) is 0 Å². The summed E-state index contributed by atoms with van der Waals surface area (Å²) in [4.78, 5) is 2.37. The van der Waals surface area contributed by atoms with E-state index in [-0.39, 0.29) is 5.48 Å². The van der Waals surface area contributed by atoms with Gasteiger partial charge in [0.05, 0.1) is 0 Å². The molecule has 0 amide bonds. The Bertz CT molecular complexity index is 67.5. The van der Waals surface area contributed by atoms with Crippen LogP contribution in [-0.2, 0) is 0 Å². The summed E-state index contributed by atoms with van der Waals surface area (Å²) in [6.45, 7) is 5.74. The fourth-order valence-electron chi connectivity index (χ4n) is 0.943. The molecule has 1 saturated heterocycles. The van der Waals surface area contributed by atoms with Crippen LogP contribution in [0.2, 0.25) is 0 Å². The Balaban J connectivity index is 0.000000640. The van der Waals surface area contributed by atoms with Gasteiger partial charge in [0.15, 0.2) is 0 Å². The second-order valence-electron chi connectivity index (χ2n) is 2.53. The average Bonchev–Trinajstić information content (AvgIpc) is 1.77. The lowest BCUT2D eigenvalue weighted by Crippen LogP contribution is -2.47. The minimum absolute atomic E-state index is 0. The van der Waals surface area contributed by atoms with E-state index in [1.54, 1.807) is 0 Å². The molecule has 3 heteroatoms. The van der Waals surface area contributed by atoms with Gasteiger partial charge in [0.25, 0.3) is 0 Å². The molecule has 1 atom stereocenters. The Hall–Kier alpha value is -0.120. The van der Waals surface area contributed by atoms with Crippen LogP contribution in [-0.4, -0.2) is 43.1 Å². The van der Waals surface area contributed by atoms with Crippen molar-refractivity contribution in [1.29, 1.82) is 0 Å². The van der Waals surface area contributed by atoms with E-state index < -0.39 is 0 Å². The van der Waals surface area contributed by atoms with Crippen LogP contribution in [0.3, 0.4) is 0 Å². The maximum Gasteiger partial charge on any atom is 0.0189 e. The van der Waals surface area contributed by atoms with Crippen LogP contribution >= 0.6 is 0 Å². The predicted molar refractivity (Wildman–Crippen MR) is 38.6 cm³/mol. The number of hydrogen-bond acceptors (Lipinski definition) is 2. The van der Waals surface area contributed by atoms with Crippen LogP contribution in [0.4, 0.5) is 0 Å². The molecule has 1 unspecified atom stereocenters. The van der Waals surface area contributed by atoms with E-state index in [9.17, 15) is 0 Å². The molecule has 1 fully saturated rings. The zero-order valence-electron chi connectivity index (χ0n) is 6.15. The van der Waals surface area contributed by atoms with Crippen molar-refractivity contribution in [3.05, 3.63) is 0 Å². The zero-order chi connectivity index (χ0) is 5.98. The topological polar surface area (TPSA) is 46.8 Å². The Morgan fingerprint density at radius 3 is 2.56 bits per heavy atom. The van der Waals surface area contributed by atoms with Gasteiger partial charge < -0.3 is 15.7 Å². The van der Waals surface area contributed by atoms with E-state index in [4.69, 9.17) is 0 Å². The normalized spacial score (nSPS) is 29.3. The van der Waals surface area contributed by atoms with Crippen LogP contribution in [0.1, 0.15) is 6.92 Å². The van der Waals surface area contributed by atoms with Crippen LogP contribution < -0.4 is 5.32 Å². The van der Waals surface area contributed by atoms with Gasteiger partial charge >= 0.3 is 0 Å². The molecule has 9 heavy (non-hydrogen) atoms. The Morgan fingerprint density at radius 1 is 1.56 bits per heavy atom. The highest BCUT2D eigenvalue weighted by Gasteiger charge is 2.11. The molecule has 1 rings (SSSR count). The van der Waals surface area contributed by atoms with E-state index >= 15 is 0 Å². The van der Waals surface area contributed by atoms with Crippen molar-refractivity contribution in [1.82, 2.24) is 10.2 Å². The van der Waals surface area contributed by atoms with Crippen LogP contribution in [0.5, 0.6) is 0 Å². The molecule has 3 N–H and O–H groups in total. The van der Waals surface area contributed by atoms with Gasteiger partial charge in [0.2, 0.25) is 0 Å². The first-order valence-electron chi connectivity index (χ1n) is 3.21. The van der Waals surface area contributed by atoms with Gasteiger partial charge in [-0.25, -0.2) is 0 Å². The summed E-state index contributed by atoms with van der Waals surface area (Å²) >= 11 is 0. The minimum atomic E-state index is 0. The molecule has 1 heterocycles. The minimum Gasteiger partial charge on any atom is -0.412 e. The second kappa shape index (κ2) is 3.82. The summed E-state index contributed by atoms with van der Waals surface area (Å²) < 4.78 is 0. The SMILES string of the molecule is CC1CNCCN1C.O. The fraction of sp³-hybridized carbons (Fsp3) is 1.00. The van der Waals surface area contributed by atoms with Gasteiger partial charge in [-0.1, -0.05) is 0 Å².